The summed E-state index contributed by atoms with van der Waals surface area (Å²) >= 11 is 6.93. The van der Waals surface area contributed by atoms with Crippen LogP contribution in [0.5, 0.6) is 0 Å². The average molecular weight is 284 g/mol. The quantitative estimate of drug-likeness (QED) is 0.588. The molecule has 4 heteroatoms. The van der Waals surface area contributed by atoms with Crippen molar-refractivity contribution in [3.63, 3.8) is 0 Å². The zero-order chi connectivity index (χ0) is 9.71. The second-order valence-corrected chi connectivity index (χ2v) is 6.83. The fourth-order valence-electron chi connectivity index (χ4n) is 1.53. The molecule has 3 heterocycles. The summed E-state index contributed by atoms with van der Waals surface area (Å²) in [5.74, 6) is 0. The molecular formula is C10H6BrNS2. The molecule has 3 aromatic rings. The third-order valence-corrected chi connectivity index (χ3v) is 4.60. The van der Waals surface area contributed by atoms with Crippen LogP contribution in [-0.4, -0.2) is 4.98 Å². The smallest absolute Gasteiger partial charge is 0.126 e. The van der Waals surface area contributed by atoms with Gasteiger partial charge in [-0.15, -0.1) is 22.7 Å². The van der Waals surface area contributed by atoms with Gasteiger partial charge in [-0.05, 0) is 41.1 Å². The van der Waals surface area contributed by atoms with Crippen molar-refractivity contribution in [1.29, 1.82) is 0 Å². The maximum Gasteiger partial charge on any atom is 0.126 e. The first-order chi connectivity index (χ1) is 6.72. The zero-order valence-corrected chi connectivity index (χ0v) is 10.6. The number of fused-ring (bicyclic) bond motifs is 2. The van der Waals surface area contributed by atoms with Gasteiger partial charge in [-0.2, -0.15) is 0 Å². The summed E-state index contributed by atoms with van der Waals surface area (Å²) in [5.41, 5.74) is 0. The van der Waals surface area contributed by atoms with Crippen LogP contribution < -0.4 is 0 Å². The number of aryl methyl sites for hydroxylation is 1. The first-order valence-corrected chi connectivity index (χ1v) is 6.61. The van der Waals surface area contributed by atoms with Gasteiger partial charge in [-0.1, -0.05) is 0 Å². The lowest BCUT2D eigenvalue weighted by molar-refractivity contribution is 1.59. The molecule has 0 aliphatic rings. The monoisotopic (exact) mass is 283 g/mol. The minimum atomic E-state index is 1.12. The molecule has 0 aliphatic carbocycles. The molecule has 0 radical (unpaired) electrons. The molecule has 0 N–H and O–H groups in total. The molecule has 0 amide bonds. The van der Waals surface area contributed by atoms with Gasteiger partial charge in [0.15, 0.2) is 0 Å². The Balaban J connectivity index is 2.49. The number of rotatable bonds is 0. The molecule has 1 nitrogen and oxygen atoms in total. The predicted molar refractivity (Wildman–Crippen MR) is 67.4 cm³/mol. The lowest BCUT2D eigenvalue weighted by Crippen LogP contribution is -1.69. The van der Waals surface area contributed by atoms with Crippen LogP contribution in [-0.2, 0) is 0 Å². The minimum Gasteiger partial charge on any atom is -0.226 e. The molecule has 0 saturated heterocycles. The van der Waals surface area contributed by atoms with Crippen LogP contribution >= 0.6 is 38.6 Å². The van der Waals surface area contributed by atoms with Crippen LogP contribution in [0.4, 0.5) is 0 Å². The third kappa shape index (κ3) is 1.29. The Morgan fingerprint density at radius 1 is 1.07 bits per heavy atom. The van der Waals surface area contributed by atoms with Crippen LogP contribution in [0.25, 0.3) is 20.4 Å². The van der Waals surface area contributed by atoms with E-state index in [0.717, 1.165) is 13.4 Å². The maximum absolute atomic E-state index is 4.63. The molecule has 0 aromatic carbocycles. The van der Waals surface area contributed by atoms with Crippen molar-refractivity contribution in [3.8, 4) is 0 Å². The number of hydrogen-bond donors (Lipinski definition) is 0. The summed E-state index contributed by atoms with van der Waals surface area (Å²) in [4.78, 5) is 8.21. The molecule has 14 heavy (non-hydrogen) atoms. The Morgan fingerprint density at radius 2 is 1.79 bits per heavy atom. The molecule has 0 unspecified atom stereocenters. The maximum atomic E-state index is 4.63. The topological polar surface area (TPSA) is 12.9 Å². The summed E-state index contributed by atoms with van der Waals surface area (Å²) in [7, 11) is 0. The lowest BCUT2D eigenvalue weighted by atomic mass is 10.3. The Bertz CT molecular complexity index is 521. The molecule has 0 bridgehead atoms. The van der Waals surface area contributed by atoms with Crippen molar-refractivity contribution in [2.45, 2.75) is 6.92 Å². The molecule has 0 atom stereocenters. The van der Waals surface area contributed by atoms with E-state index < -0.39 is 0 Å². The van der Waals surface area contributed by atoms with Gasteiger partial charge in [0.1, 0.15) is 9.66 Å². The Morgan fingerprint density at radius 3 is 2.64 bits per heavy atom. The highest BCUT2D eigenvalue weighted by atomic mass is 79.9. The normalized spacial score (nSPS) is 11.6. The van der Waals surface area contributed by atoms with Gasteiger partial charge in [-0.25, -0.2) is 4.98 Å². The Hall–Kier alpha value is -0.450. The minimum absolute atomic E-state index is 1.12. The molecule has 0 spiro atoms. The second-order valence-electron chi connectivity index (χ2n) is 3.18. The molecule has 0 fully saturated rings. The van der Waals surface area contributed by atoms with Crippen LogP contribution in [0, 0.1) is 6.92 Å². The summed E-state index contributed by atoms with van der Waals surface area (Å²) in [6.07, 6.45) is 0. The van der Waals surface area contributed by atoms with Gasteiger partial charge >= 0.3 is 0 Å². The number of halogens is 1. The lowest BCUT2D eigenvalue weighted by Gasteiger charge is -1.88. The van der Waals surface area contributed by atoms with Crippen molar-refractivity contribution in [2.24, 2.45) is 0 Å². The SMILES string of the molecule is Cc1cc2cc3cc(Br)sc3nc2s1. The van der Waals surface area contributed by atoms with Crippen molar-refractivity contribution in [3.05, 3.63) is 26.9 Å². The highest BCUT2D eigenvalue weighted by Crippen LogP contribution is 2.33. The summed E-state index contributed by atoms with van der Waals surface area (Å²) in [5, 5.41) is 2.48. The van der Waals surface area contributed by atoms with E-state index in [1.165, 1.54) is 15.6 Å². The zero-order valence-electron chi connectivity index (χ0n) is 7.37. The van der Waals surface area contributed by atoms with Crippen molar-refractivity contribution in [1.82, 2.24) is 4.98 Å². The number of nitrogens with zero attached hydrogens (tertiary/aromatic N) is 1. The van der Waals surface area contributed by atoms with E-state index in [1.807, 2.05) is 0 Å². The van der Waals surface area contributed by atoms with E-state index >= 15 is 0 Å². The van der Waals surface area contributed by atoms with E-state index in [0.29, 0.717) is 0 Å². The number of hydrogen-bond acceptors (Lipinski definition) is 3. The third-order valence-electron chi connectivity index (χ3n) is 2.09. The van der Waals surface area contributed by atoms with Gasteiger partial charge in [-0.3, -0.25) is 0 Å². The summed E-state index contributed by atoms with van der Waals surface area (Å²) in [6, 6.07) is 6.53. The second kappa shape index (κ2) is 3.02. The molecular weight excluding hydrogens is 278 g/mol. The van der Waals surface area contributed by atoms with Crippen molar-refractivity contribution in [2.75, 3.05) is 0 Å². The van der Waals surface area contributed by atoms with E-state index in [4.69, 9.17) is 0 Å². The van der Waals surface area contributed by atoms with Crippen LogP contribution in [0.15, 0.2) is 22.0 Å². The Labute approximate surface area is 97.5 Å². The first kappa shape index (κ1) is 8.83. The number of thiophene rings is 2. The molecule has 0 aliphatic heterocycles. The predicted octanol–water partition coefficient (Wildman–Crippen LogP) is 4.58. The van der Waals surface area contributed by atoms with Crippen LogP contribution in [0.3, 0.4) is 0 Å². The number of pyridine rings is 1. The van der Waals surface area contributed by atoms with Gasteiger partial charge < -0.3 is 0 Å². The van der Waals surface area contributed by atoms with Gasteiger partial charge in [0.2, 0.25) is 0 Å². The van der Waals surface area contributed by atoms with E-state index in [9.17, 15) is 0 Å². The standard InChI is InChI=1S/C10H6BrNS2/c1-5-2-6-3-7-4-8(11)14-10(7)12-9(6)13-5/h2-4H,1H3. The van der Waals surface area contributed by atoms with Gasteiger partial charge in [0.25, 0.3) is 0 Å². The molecule has 0 saturated carbocycles. The van der Waals surface area contributed by atoms with E-state index in [2.05, 4.69) is 46.0 Å². The van der Waals surface area contributed by atoms with Crippen LogP contribution in [0.2, 0.25) is 0 Å². The van der Waals surface area contributed by atoms with Gasteiger partial charge in [0.05, 0.1) is 3.79 Å². The van der Waals surface area contributed by atoms with Gasteiger partial charge in [0, 0.05) is 15.6 Å². The number of aromatic nitrogens is 1. The largest absolute Gasteiger partial charge is 0.226 e. The molecule has 3 aromatic heterocycles. The molecule has 3 rings (SSSR count). The average Bonchev–Trinajstić information content (AvgIpc) is 2.59. The highest BCUT2D eigenvalue weighted by Gasteiger charge is 2.05. The fourth-order valence-corrected chi connectivity index (χ4v) is 3.90. The molecule has 70 valence electrons. The van der Waals surface area contributed by atoms with Crippen LogP contribution in [0.1, 0.15) is 4.88 Å². The van der Waals surface area contributed by atoms with Crippen molar-refractivity contribution < 1.29 is 0 Å². The van der Waals surface area contributed by atoms with E-state index in [1.54, 1.807) is 22.7 Å². The highest BCUT2D eigenvalue weighted by molar-refractivity contribution is 9.11. The summed E-state index contributed by atoms with van der Waals surface area (Å²) in [6.45, 7) is 2.12. The summed E-state index contributed by atoms with van der Waals surface area (Å²) < 4.78 is 1.15. The fraction of sp³-hybridized carbons (Fsp3) is 0.100. The van der Waals surface area contributed by atoms with Crippen molar-refractivity contribution >= 4 is 59.0 Å². The Kier molecular flexibility index (Phi) is 1.90. The van der Waals surface area contributed by atoms with E-state index in [-0.39, 0.29) is 0 Å². The first-order valence-electron chi connectivity index (χ1n) is 4.18.